The monoisotopic (exact) mass is 390 g/mol. The fourth-order valence-electron chi connectivity index (χ4n) is 3.82. The molecule has 5 nitrogen and oxygen atoms in total. The van der Waals surface area contributed by atoms with Crippen LogP contribution in [0.3, 0.4) is 0 Å². The smallest absolute Gasteiger partial charge is 0.317 e. The number of aromatic nitrogens is 1. The molecule has 0 bridgehead atoms. The van der Waals surface area contributed by atoms with E-state index in [2.05, 4.69) is 10.3 Å². The molecule has 0 atom stereocenters. The number of aryl methyl sites for hydroxylation is 1. The normalized spacial score (nSPS) is 18.2. The van der Waals surface area contributed by atoms with Gasteiger partial charge in [-0.3, -0.25) is 9.80 Å². The van der Waals surface area contributed by atoms with Crippen molar-refractivity contribution < 1.29 is 4.79 Å². The third-order valence-corrected chi connectivity index (χ3v) is 5.60. The van der Waals surface area contributed by atoms with Gasteiger partial charge in [-0.15, -0.1) is 0 Å². The molecule has 1 aromatic heterocycles. The molecule has 0 saturated carbocycles. The number of piperidine rings is 1. The lowest BCUT2D eigenvalue weighted by Crippen LogP contribution is -2.54. The molecule has 1 aromatic carbocycles. The summed E-state index contributed by atoms with van der Waals surface area (Å²) in [5, 5.41) is 4.33. The molecule has 2 aliphatic rings. The zero-order valence-corrected chi connectivity index (χ0v) is 16.0. The van der Waals surface area contributed by atoms with Crippen LogP contribution >= 0.6 is 23.2 Å². The highest BCUT2D eigenvalue weighted by atomic mass is 35.5. The van der Waals surface area contributed by atoms with Gasteiger partial charge in [-0.05, 0) is 50.6 Å². The van der Waals surface area contributed by atoms with Crippen LogP contribution in [0, 0.1) is 6.92 Å². The lowest BCUT2D eigenvalue weighted by atomic mass is 10.0. The molecule has 26 heavy (non-hydrogen) atoms. The minimum absolute atomic E-state index is 0.0529. The quantitative estimate of drug-likeness (QED) is 0.773. The summed E-state index contributed by atoms with van der Waals surface area (Å²) in [5.74, 6) is 0. The molecule has 0 unspecified atom stereocenters. The molecular weight excluding hydrogens is 371 g/mol. The molecule has 2 aliphatic heterocycles. The Balaban J connectivity index is 1.82. The molecule has 7 heteroatoms. The van der Waals surface area contributed by atoms with Gasteiger partial charge in [0.1, 0.15) is 5.15 Å². The number of carbonyl (C=O) groups is 1. The van der Waals surface area contributed by atoms with Crippen molar-refractivity contribution in [1.29, 1.82) is 0 Å². The number of amides is 2. The molecule has 1 fully saturated rings. The number of benzene rings is 1. The molecule has 3 heterocycles. The number of hydrogen-bond acceptors (Lipinski definition) is 3. The zero-order chi connectivity index (χ0) is 18.3. The van der Waals surface area contributed by atoms with Gasteiger partial charge in [0.15, 0.2) is 0 Å². The predicted molar refractivity (Wildman–Crippen MR) is 105 cm³/mol. The van der Waals surface area contributed by atoms with Crippen molar-refractivity contribution in [3.05, 3.63) is 51.8 Å². The number of carbonyl (C=O) groups excluding carboxylic acids is 1. The van der Waals surface area contributed by atoms with E-state index >= 15 is 0 Å². The second kappa shape index (κ2) is 7.06. The molecule has 2 aromatic rings. The number of pyridine rings is 1. The summed E-state index contributed by atoms with van der Waals surface area (Å²) in [6.07, 6.45) is 3.57. The fourth-order valence-corrected chi connectivity index (χ4v) is 4.30. The maximum Gasteiger partial charge on any atom is 0.329 e. The molecule has 1 N–H and O–H groups in total. The Morgan fingerprint density at radius 3 is 2.73 bits per heavy atom. The molecule has 2 amide bonds. The van der Waals surface area contributed by atoms with Gasteiger partial charge in [0.05, 0.1) is 22.9 Å². The van der Waals surface area contributed by atoms with E-state index in [-0.39, 0.29) is 12.1 Å². The van der Waals surface area contributed by atoms with Gasteiger partial charge in [-0.1, -0.05) is 35.3 Å². The Labute approximate surface area is 162 Å². The van der Waals surface area contributed by atoms with Crippen LogP contribution in [0.5, 0.6) is 0 Å². The topological polar surface area (TPSA) is 48.5 Å². The van der Waals surface area contributed by atoms with Crippen molar-refractivity contribution in [2.75, 3.05) is 22.9 Å². The van der Waals surface area contributed by atoms with E-state index in [9.17, 15) is 4.79 Å². The fraction of sp³-hybridized carbons (Fsp3) is 0.368. The summed E-state index contributed by atoms with van der Waals surface area (Å²) in [5.41, 5.74) is 3.58. The van der Waals surface area contributed by atoms with E-state index in [1.54, 1.807) is 17.2 Å². The zero-order valence-electron chi connectivity index (χ0n) is 14.5. The van der Waals surface area contributed by atoms with E-state index < -0.39 is 0 Å². The van der Waals surface area contributed by atoms with E-state index in [1.807, 2.05) is 30.0 Å². The molecule has 1 saturated heterocycles. The first-order valence-corrected chi connectivity index (χ1v) is 9.53. The summed E-state index contributed by atoms with van der Waals surface area (Å²) in [7, 11) is 0. The number of hydrogen-bond donors (Lipinski definition) is 1. The lowest BCUT2D eigenvalue weighted by Gasteiger charge is -2.43. The van der Waals surface area contributed by atoms with Crippen molar-refractivity contribution in [3.8, 4) is 0 Å². The van der Waals surface area contributed by atoms with E-state index in [0.717, 1.165) is 48.4 Å². The molecule has 0 spiro atoms. The van der Waals surface area contributed by atoms with E-state index in [4.69, 9.17) is 23.2 Å². The summed E-state index contributed by atoms with van der Waals surface area (Å²) in [6, 6.07) is 7.57. The third kappa shape index (κ3) is 3.04. The number of halogens is 2. The Morgan fingerprint density at radius 2 is 2.00 bits per heavy atom. The number of para-hydroxylation sites is 1. The Morgan fingerprint density at radius 1 is 1.23 bits per heavy atom. The molecule has 4 rings (SSSR count). The first-order valence-electron chi connectivity index (χ1n) is 8.77. The van der Waals surface area contributed by atoms with Gasteiger partial charge in [-0.2, -0.15) is 0 Å². The average molecular weight is 391 g/mol. The van der Waals surface area contributed by atoms with Gasteiger partial charge >= 0.3 is 6.03 Å². The van der Waals surface area contributed by atoms with Crippen LogP contribution in [0.4, 0.5) is 16.2 Å². The van der Waals surface area contributed by atoms with Gasteiger partial charge in [0.2, 0.25) is 0 Å². The van der Waals surface area contributed by atoms with Gasteiger partial charge in [0, 0.05) is 17.8 Å². The van der Waals surface area contributed by atoms with Gasteiger partial charge < -0.3 is 5.32 Å². The standard InChI is InChI=1S/C19H20Cl2N4O/c1-12-3-2-4-15(20)18(12)24-11-13-10-23-17(21)9-16(13)25(19(24)26)14-5-7-22-8-6-14/h2-4,9-10,14,22H,5-8,11H2,1H3. The number of anilines is 2. The average Bonchev–Trinajstić information content (AvgIpc) is 2.63. The lowest BCUT2D eigenvalue weighted by molar-refractivity contribution is 0.245. The van der Waals surface area contributed by atoms with Crippen molar-refractivity contribution in [3.63, 3.8) is 0 Å². The Hall–Kier alpha value is -1.82. The van der Waals surface area contributed by atoms with Crippen LogP contribution in [0.1, 0.15) is 24.0 Å². The van der Waals surface area contributed by atoms with Crippen LogP contribution in [0.15, 0.2) is 30.5 Å². The number of fused-ring (bicyclic) bond motifs is 1. The number of nitrogens with zero attached hydrogens (tertiary/aromatic N) is 3. The number of nitrogens with one attached hydrogen (secondary N) is 1. The van der Waals surface area contributed by atoms with Crippen molar-refractivity contribution >= 4 is 40.6 Å². The SMILES string of the molecule is Cc1cccc(Cl)c1N1Cc2cnc(Cl)cc2N(C2CCNCC2)C1=O. The number of rotatable bonds is 2. The Kier molecular flexibility index (Phi) is 4.78. The summed E-state index contributed by atoms with van der Waals surface area (Å²) in [6.45, 7) is 4.20. The first kappa shape index (κ1) is 17.6. The molecule has 136 valence electrons. The Bertz CT molecular complexity index is 831. The van der Waals surface area contributed by atoms with Crippen LogP contribution in [-0.4, -0.2) is 30.1 Å². The van der Waals surface area contributed by atoms with Crippen molar-refractivity contribution in [1.82, 2.24) is 10.3 Å². The maximum atomic E-state index is 13.5. The predicted octanol–water partition coefficient (Wildman–Crippen LogP) is 4.40. The van der Waals surface area contributed by atoms with Gasteiger partial charge in [0.25, 0.3) is 0 Å². The van der Waals surface area contributed by atoms with Crippen molar-refractivity contribution in [2.24, 2.45) is 0 Å². The highest BCUT2D eigenvalue weighted by Gasteiger charge is 2.37. The second-order valence-electron chi connectivity index (χ2n) is 6.76. The van der Waals surface area contributed by atoms with Crippen LogP contribution < -0.4 is 15.1 Å². The largest absolute Gasteiger partial charge is 0.329 e. The highest BCUT2D eigenvalue weighted by Crippen LogP contribution is 2.39. The second-order valence-corrected chi connectivity index (χ2v) is 7.56. The summed E-state index contributed by atoms with van der Waals surface area (Å²) in [4.78, 5) is 21.4. The van der Waals surface area contributed by atoms with Crippen LogP contribution in [0.25, 0.3) is 0 Å². The molecule has 0 radical (unpaired) electrons. The minimum atomic E-state index is -0.0529. The highest BCUT2D eigenvalue weighted by molar-refractivity contribution is 6.34. The third-order valence-electron chi connectivity index (χ3n) is 5.09. The minimum Gasteiger partial charge on any atom is -0.317 e. The summed E-state index contributed by atoms with van der Waals surface area (Å²) >= 11 is 12.6. The van der Waals surface area contributed by atoms with Crippen molar-refractivity contribution in [2.45, 2.75) is 32.4 Å². The van der Waals surface area contributed by atoms with Crippen LogP contribution in [0.2, 0.25) is 10.2 Å². The first-order chi connectivity index (χ1) is 12.6. The molecular formula is C19H20Cl2N4O. The van der Waals surface area contributed by atoms with Gasteiger partial charge in [-0.25, -0.2) is 9.78 Å². The summed E-state index contributed by atoms with van der Waals surface area (Å²) < 4.78 is 0. The van der Waals surface area contributed by atoms with E-state index in [0.29, 0.717) is 16.7 Å². The maximum absolute atomic E-state index is 13.5. The number of urea groups is 1. The van der Waals surface area contributed by atoms with E-state index in [1.165, 1.54) is 0 Å². The van der Waals surface area contributed by atoms with Crippen LogP contribution in [-0.2, 0) is 6.54 Å². The molecule has 0 aliphatic carbocycles.